The van der Waals surface area contributed by atoms with Crippen LogP contribution in [0, 0.1) is 10.1 Å². The molecule has 0 fully saturated rings. The summed E-state index contributed by atoms with van der Waals surface area (Å²) in [6, 6.07) is 17.1. The topological polar surface area (TPSA) is 107 Å². The standard InChI is InChI=1S/C23H23N3O5/c1-23(2,3)17-7-9-19(10-8-17)30-15-22(27)25-24-14-20-11-12-21(31-20)16-5-4-6-18(13-16)26(28)29/h4-14H,15H2,1-3H3,(H,25,27)/b24-14+. The molecule has 0 radical (unpaired) electrons. The van der Waals surface area contributed by atoms with Crippen LogP contribution in [0.15, 0.2) is 70.2 Å². The minimum atomic E-state index is -0.467. The lowest BCUT2D eigenvalue weighted by molar-refractivity contribution is -0.384. The second-order valence-corrected chi connectivity index (χ2v) is 7.87. The summed E-state index contributed by atoms with van der Waals surface area (Å²) in [6.45, 7) is 6.20. The summed E-state index contributed by atoms with van der Waals surface area (Å²) in [7, 11) is 0. The van der Waals surface area contributed by atoms with Crippen LogP contribution in [-0.4, -0.2) is 23.7 Å². The monoisotopic (exact) mass is 421 g/mol. The van der Waals surface area contributed by atoms with Gasteiger partial charge < -0.3 is 9.15 Å². The van der Waals surface area contributed by atoms with Crippen LogP contribution in [0.5, 0.6) is 5.75 Å². The highest BCUT2D eigenvalue weighted by Gasteiger charge is 2.13. The molecule has 8 heteroatoms. The molecule has 0 saturated heterocycles. The Morgan fingerprint density at radius 1 is 1.16 bits per heavy atom. The summed E-state index contributed by atoms with van der Waals surface area (Å²) in [6.07, 6.45) is 1.34. The van der Waals surface area contributed by atoms with Gasteiger partial charge in [0.1, 0.15) is 17.3 Å². The van der Waals surface area contributed by atoms with E-state index >= 15 is 0 Å². The molecule has 0 spiro atoms. The van der Waals surface area contributed by atoms with Crippen LogP contribution in [0.1, 0.15) is 32.1 Å². The van der Waals surface area contributed by atoms with Gasteiger partial charge in [-0.25, -0.2) is 5.43 Å². The molecule has 8 nitrogen and oxygen atoms in total. The van der Waals surface area contributed by atoms with Crippen LogP contribution in [0.2, 0.25) is 0 Å². The first-order chi connectivity index (χ1) is 14.7. The lowest BCUT2D eigenvalue weighted by Crippen LogP contribution is -2.24. The normalized spacial score (nSPS) is 11.5. The van der Waals surface area contributed by atoms with E-state index in [-0.39, 0.29) is 17.7 Å². The Morgan fingerprint density at radius 3 is 2.58 bits per heavy atom. The van der Waals surface area contributed by atoms with Crippen LogP contribution < -0.4 is 10.2 Å². The van der Waals surface area contributed by atoms with Crippen LogP contribution in [0.25, 0.3) is 11.3 Å². The third-order valence-corrected chi connectivity index (χ3v) is 4.44. The average molecular weight is 421 g/mol. The van der Waals surface area contributed by atoms with Gasteiger partial charge in [0.2, 0.25) is 0 Å². The van der Waals surface area contributed by atoms with Crippen molar-refractivity contribution in [3.8, 4) is 17.1 Å². The molecule has 0 unspecified atom stereocenters. The van der Waals surface area contributed by atoms with Gasteiger partial charge in [-0.05, 0) is 35.2 Å². The SMILES string of the molecule is CC(C)(C)c1ccc(OCC(=O)N/N=C/c2ccc(-c3cccc([N+](=O)[O-])c3)o2)cc1. The number of nitro groups is 1. The van der Waals surface area contributed by atoms with Crippen molar-refractivity contribution in [1.29, 1.82) is 0 Å². The first-order valence-electron chi connectivity index (χ1n) is 9.62. The first kappa shape index (κ1) is 21.8. The lowest BCUT2D eigenvalue weighted by Gasteiger charge is -2.19. The molecule has 0 aliphatic carbocycles. The van der Waals surface area contributed by atoms with Crippen molar-refractivity contribution in [2.45, 2.75) is 26.2 Å². The Labute approximate surface area is 179 Å². The van der Waals surface area contributed by atoms with E-state index in [2.05, 4.69) is 31.3 Å². The molecule has 1 aromatic heterocycles. The zero-order valence-electron chi connectivity index (χ0n) is 17.5. The number of amides is 1. The highest BCUT2D eigenvalue weighted by molar-refractivity contribution is 5.81. The molecule has 3 aromatic rings. The van der Waals surface area contributed by atoms with Gasteiger partial charge in [-0.1, -0.05) is 45.0 Å². The van der Waals surface area contributed by atoms with Crippen molar-refractivity contribution in [2.75, 3.05) is 6.61 Å². The fourth-order valence-electron chi connectivity index (χ4n) is 2.75. The number of hydrogen-bond acceptors (Lipinski definition) is 6. The molecule has 1 heterocycles. The number of rotatable bonds is 7. The maximum absolute atomic E-state index is 11.9. The summed E-state index contributed by atoms with van der Waals surface area (Å²) >= 11 is 0. The predicted octanol–water partition coefficient (Wildman–Crippen LogP) is 4.68. The molecule has 1 amide bonds. The van der Waals surface area contributed by atoms with Crippen molar-refractivity contribution < 1.29 is 18.9 Å². The molecule has 0 bridgehead atoms. The van der Waals surface area contributed by atoms with E-state index in [1.807, 2.05) is 24.3 Å². The quantitative estimate of drug-likeness (QED) is 0.339. The second-order valence-electron chi connectivity index (χ2n) is 7.87. The number of carbonyl (C=O) groups is 1. The largest absolute Gasteiger partial charge is 0.484 e. The Bertz CT molecular complexity index is 1090. The lowest BCUT2D eigenvalue weighted by atomic mass is 9.87. The first-order valence-corrected chi connectivity index (χ1v) is 9.62. The second kappa shape index (κ2) is 9.25. The Morgan fingerprint density at radius 2 is 1.90 bits per heavy atom. The van der Waals surface area contributed by atoms with Gasteiger partial charge in [-0.2, -0.15) is 5.10 Å². The highest BCUT2D eigenvalue weighted by atomic mass is 16.6. The summed E-state index contributed by atoms with van der Waals surface area (Å²) in [5, 5.41) is 14.7. The van der Waals surface area contributed by atoms with Crippen LogP contribution in [0.3, 0.4) is 0 Å². The minimum Gasteiger partial charge on any atom is -0.484 e. The number of benzene rings is 2. The van der Waals surface area contributed by atoms with Crippen molar-refractivity contribution in [3.05, 3.63) is 82.1 Å². The molecule has 0 aliphatic rings. The maximum atomic E-state index is 11.9. The van der Waals surface area contributed by atoms with Crippen molar-refractivity contribution in [1.82, 2.24) is 5.43 Å². The molecule has 31 heavy (non-hydrogen) atoms. The number of hydrogen-bond donors (Lipinski definition) is 1. The summed E-state index contributed by atoms with van der Waals surface area (Å²) < 4.78 is 11.1. The minimum absolute atomic E-state index is 0.0237. The highest BCUT2D eigenvalue weighted by Crippen LogP contribution is 2.25. The molecule has 0 atom stereocenters. The Balaban J connectivity index is 1.51. The van der Waals surface area contributed by atoms with Crippen molar-refractivity contribution in [3.63, 3.8) is 0 Å². The van der Waals surface area contributed by atoms with Gasteiger partial charge in [0.05, 0.1) is 11.1 Å². The number of nitro benzene ring substituents is 1. The van der Waals surface area contributed by atoms with E-state index in [1.165, 1.54) is 23.9 Å². The number of carbonyl (C=O) groups excluding carboxylic acids is 1. The third kappa shape index (κ3) is 6.02. The number of ether oxygens (including phenoxy) is 1. The van der Waals surface area contributed by atoms with Gasteiger partial charge in [0.25, 0.3) is 11.6 Å². The van der Waals surface area contributed by atoms with E-state index in [4.69, 9.17) is 9.15 Å². The molecule has 0 saturated carbocycles. The number of nitrogens with one attached hydrogen (secondary N) is 1. The van der Waals surface area contributed by atoms with E-state index in [0.29, 0.717) is 22.8 Å². The van der Waals surface area contributed by atoms with Crippen LogP contribution >= 0.6 is 0 Å². The Kier molecular flexibility index (Phi) is 6.49. The third-order valence-electron chi connectivity index (χ3n) is 4.44. The molecular weight excluding hydrogens is 398 g/mol. The van der Waals surface area contributed by atoms with Gasteiger partial charge >= 0.3 is 0 Å². The fraction of sp³-hybridized carbons (Fsp3) is 0.217. The van der Waals surface area contributed by atoms with E-state index in [1.54, 1.807) is 24.3 Å². The number of hydrazone groups is 1. The van der Waals surface area contributed by atoms with E-state index in [9.17, 15) is 14.9 Å². The van der Waals surface area contributed by atoms with E-state index in [0.717, 1.165) is 0 Å². The van der Waals surface area contributed by atoms with E-state index < -0.39 is 10.8 Å². The smallest absolute Gasteiger partial charge is 0.277 e. The number of furan rings is 1. The predicted molar refractivity (Wildman–Crippen MR) is 117 cm³/mol. The maximum Gasteiger partial charge on any atom is 0.277 e. The van der Waals surface area contributed by atoms with Crippen molar-refractivity contribution >= 4 is 17.8 Å². The molecule has 160 valence electrons. The molecule has 3 rings (SSSR count). The van der Waals surface area contributed by atoms with Crippen LogP contribution in [-0.2, 0) is 10.2 Å². The van der Waals surface area contributed by atoms with Gasteiger partial charge in [0, 0.05) is 17.7 Å². The average Bonchev–Trinajstić information content (AvgIpc) is 3.21. The Hall–Kier alpha value is -3.94. The zero-order chi connectivity index (χ0) is 22.4. The summed E-state index contributed by atoms with van der Waals surface area (Å²) in [5.74, 6) is 1.03. The molecule has 1 N–H and O–H groups in total. The summed E-state index contributed by atoms with van der Waals surface area (Å²) in [5.41, 5.74) is 4.14. The van der Waals surface area contributed by atoms with Crippen molar-refractivity contribution in [2.24, 2.45) is 5.10 Å². The summed E-state index contributed by atoms with van der Waals surface area (Å²) in [4.78, 5) is 22.3. The molecule has 0 aliphatic heterocycles. The van der Waals surface area contributed by atoms with Gasteiger partial charge in [-0.15, -0.1) is 0 Å². The fourth-order valence-corrected chi connectivity index (χ4v) is 2.75. The van der Waals surface area contributed by atoms with Crippen LogP contribution in [0.4, 0.5) is 5.69 Å². The number of non-ortho nitro benzene ring substituents is 1. The molecule has 2 aromatic carbocycles. The number of nitrogens with zero attached hydrogens (tertiary/aromatic N) is 2. The zero-order valence-corrected chi connectivity index (χ0v) is 17.5. The van der Waals surface area contributed by atoms with Gasteiger partial charge in [0.15, 0.2) is 6.61 Å². The molecular formula is C23H23N3O5. The van der Waals surface area contributed by atoms with Gasteiger partial charge in [-0.3, -0.25) is 14.9 Å².